The van der Waals surface area contributed by atoms with Crippen molar-refractivity contribution in [2.45, 2.75) is 6.54 Å². The fourth-order valence-corrected chi connectivity index (χ4v) is 1.57. The fourth-order valence-electron chi connectivity index (χ4n) is 1.57. The third-order valence-electron chi connectivity index (χ3n) is 2.47. The number of ether oxygens (including phenoxy) is 1. The summed E-state index contributed by atoms with van der Waals surface area (Å²) >= 11 is 0. The lowest BCUT2D eigenvalue weighted by Crippen LogP contribution is -2.05. The van der Waals surface area contributed by atoms with E-state index in [0.717, 1.165) is 5.56 Å². The number of methoxy groups -OCH3 is 1. The molecule has 0 aliphatic heterocycles. The van der Waals surface area contributed by atoms with Gasteiger partial charge in [-0.2, -0.15) is 10.1 Å². The van der Waals surface area contributed by atoms with Gasteiger partial charge >= 0.3 is 5.69 Å². The Hall–Kier alpha value is -2.64. The van der Waals surface area contributed by atoms with Crippen LogP contribution in [0.5, 0.6) is 5.88 Å². The topological polar surface area (TPSA) is 95.1 Å². The summed E-state index contributed by atoms with van der Waals surface area (Å²) in [6, 6.07) is 2.81. The second-order valence-electron chi connectivity index (χ2n) is 3.85. The molecule has 0 fully saturated rings. The van der Waals surface area contributed by atoms with Crippen LogP contribution in [0.2, 0.25) is 0 Å². The van der Waals surface area contributed by atoms with Gasteiger partial charge in [0.2, 0.25) is 11.7 Å². The van der Waals surface area contributed by atoms with Crippen molar-refractivity contribution in [3.8, 4) is 5.88 Å². The van der Waals surface area contributed by atoms with Crippen LogP contribution in [0.15, 0.2) is 24.5 Å². The summed E-state index contributed by atoms with van der Waals surface area (Å²) in [4.78, 5) is 14.4. The molecule has 0 aromatic carbocycles. The van der Waals surface area contributed by atoms with Gasteiger partial charge in [0.1, 0.15) is 0 Å². The molecule has 0 spiro atoms. The van der Waals surface area contributed by atoms with Crippen molar-refractivity contribution in [1.82, 2.24) is 14.8 Å². The minimum Gasteiger partial charge on any atom is -0.481 e. The van der Waals surface area contributed by atoms with E-state index in [-0.39, 0.29) is 11.5 Å². The molecule has 2 aromatic rings. The second-order valence-corrected chi connectivity index (χ2v) is 3.85. The summed E-state index contributed by atoms with van der Waals surface area (Å²) in [7, 11) is 3.26. The molecule has 19 heavy (non-hydrogen) atoms. The number of pyridine rings is 1. The molecule has 0 aliphatic carbocycles. The minimum absolute atomic E-state index is 0.0929. The summed E-state index contributed by atoms with van der Waals surface area (Å²) in [6.07, 6.45) is 3.50. The van der Waals surface area contributed by atoms with Gasteiger partial charge in [-0.3, -0.25) is 14.8 Å². The number of nitro groups is 1. The van der Waals surface area contributed by atoms with Crippen LogP contribution in [0.25, 0.3) is 0 Å². The molecule has 0 atom stereocenters. The van der Waals surface area contributed by atoms with Crippen molar-refractivity contribution in [3.05, 3.63) is 40.2 Å². The summed E-state index contributed by atoms with van der Waals surface area (Å²) in [5.41, 5.74) is 0.811. The monoisotopic (exact) mass is 263 g/mol. The Balaban J connectivity index is 2.19. The van der Waals surface area contributed by atoms with Gasteiger partial charge in [-0.25, -0.2) is 0 Å². The zero-order valence-corrected chi connectivity index (χ0v) is 10.5. The van der Waals surface area contributed by atoms with E-state index in [1.165, 1.54) is 19.2 Å². The summed E-state index contributed by atoms with van der Waals surface area (Å²) in [5.74, 6) is 0.493. The van der Waals surface area contributed by atoms with Gasteiger partial charge in [0.25, 0.3) is 0 Å². The summed E-state index contributed by atoms with van der Waals surface area (Å²) in [5, 5.41) is 17.8. The first-order valence-corrected chi connectivity index (χ1v) is 5.51. The van der Waals surface area contributed by atoms with Crippen molar-refractivity contribution in [2.75, 3.05) is 12.4 Å². The van der Waals surface area contributed by atoms with Crippen LogP contribution in [0.3, 0.4) is 0 Å². The lowest BCUT2D eigenvalue weighted by atomic mass is 10.3. The zero-order chi connectivity index (χ0) is 13.8. The number of hydrogen-bond acceptors (Lipinski definition) is 6. The Bertz CT molecular complexity index is 596. The first-order valence-electron chi connectivity index (χ1n) is 5.51. The van der Waals surface area contributed by atoms with Crippen molar-refractivity contribution in [2.24, 2.45) is 7.05 Å². The predicted molar refractivity (Wildman–Crippen MR) is 68.0 cm³/mol. The van der Waals surface area contributed by atoms with Crippen LogP contribution in [0.1, 0.15) is 5.56 Å². The van der Waals surface area contributed by atoms with E-state index in [2.05, 4.69) is 15.4 Å². The average molecular weight is 263 g/mol. The molecule has 0 aliphatic rings. The zero-order valence-electron chi connectivity index (χ0n) is 10.5. The molecular weight excluding hydrogens is 250 g/mol. The first-order chi connectivity index (χ1) is 9.10. The highest BCUT2D eigenvalue weighted by atomic mass is 16.6. The Morgan fingerprint density at radius 3 is 2.89 bits per heavy atom. The van der Waals surface area contributed by atoms with E-state index in [1.807, 2.05) is 6.20 Å². The summed E-state index contributed by atoms with van der Waals surface area (Å²) < 4.78 is 6.61. The van der Waals surface area contributed by atoms with Gasteiger partial charge in [-0.15, -0.1) is 0 Å². The van der Waals surface area contributed by atoms with Crippen molar-refractivity contribution < 1.29 is 9.66 Å². The molecule has 8 heteroatoms. The lowest BCUT2D eigenvalue weighted by molar-refractivity contribution is -0.384. The highest BCUT2D eigenvalue weighted by Gasteiger charge is 2.16. The van der Waals surface area contributed by atoms with Crippen molar-refractivity contribution in [3.63, 3.8) is 0 Å². The van der Waals surface area contributed by atoms with Gasteiger partial charge in [0.05, 0.1) is 18.2 Å². The van der Waals surface area contributed by atoms with Gasteiger partial charge < -0.3 is 10.1 Å². The number of nitrogens with zero attached hydrogens (tertiary/aromatic N) is 4. The van der Waals surface area contributed by atoms with Crippen LogP contribution in [0.4, 0.5) is 11.5 Å². The molecule has 0 bridgehead atoms. The number of nitrogens with one attached hydrogen (secondary N) is 1. The molecular formula is C11H13N5O3. The van der Waals surface area contributed by atoms with Crippen molar-refractivity contribution >= 4 is 11.5 Å². The molecule has 2 aromatic heterocycles. The van der Waals surface area contributed by atoms with Crippen LogP contribution in [0, 0.1) is 10.1 Å². The molecule has 100 valence electrons. The molecule has 0 radical (unpaired) electrons. The molecule has 0 amide bonds. The van der Waals surface area contributed by atoms with Crippen molar-refractivity contribution in [1.29, 1.82) is 0 Å². The largest absolute Gasteiger partial charge is 0.481 e. The molecule has 8 nitrogen and oxygen atoms in total. The average Bonchev–Trinajstić information content (AvgIpc) is 2.81. The third kappa shape index (κ3) is 2.97. The molecule has 0 saturated heterocycles. The molecule has 0 unspecified atom stereocenters. The van der Waals surface area contributed by atoms with E-state index in [4.69, 9.17) is 4.74 Å². The maximum atomic E-state index is 10.9. The van der Waals surface area contributed by atoms with E-state index in [1.54, 1.807) is 17.9 Å². The minimum atomic E-state index is -0.488. The molecule has 0 saturated carbocycles. The Kier molecular flexibility index (Phi) is 3.60. The van der Waals surface area contributed by atoms with E-state index >= 15 is 0 Å². The highest BCUT2D eigenvalue weighted by Crippen LogP contribution is 2.25. The highest BCUT2D eigenvalue weighted by molar-refractivity contribution is 5.57. The van der Waals surface area contributed by atoms with E-state index in [0.29, 0.717) is 12.4 Å². The predicted octanol–water partition coefficient (Wildman–Crippen LogP) is 1.34. The first kappa shape index (κ1) is 12.8. The molecule has 1 N–H and O–H groups in total. The second kappa shape index (κ2) is 5.34. The maximum absolute atomic E-state index is 10.9. The number of hydrogen-bond donors (Lipinski definition) is 1. The normalized spacial score (nSPS) is 10.2. The Morgan fingerprint density at radius 1 is 1.53 bits per heavy atom. The Morgan fingerprint density at radius 2 is 2.32 bits per heavy atom. The Labute approximate surface area is 109 Å². The van der Waals surface area contributed by atoms with Gasteiger partial charge in [-0.1, -0.05) is 0 Å². The standard InChI is InChI=1S/C11H13N5O3/c1-15-7-8(6-13-15)5-12-11-9(16(17)18)3-4-10(14-11)19-2/h3-4,6-7H,5H2,1-2H3,(H,12,14). The number of rotatable bonds is 5. The SMILES string of the molecule is COc1ccc([N+](=O)[O-])c(NCc2cnn(C)c2)n1. The maximum Gasteiger partial charge on any atom is 0.311 e. The number of aromatic nitrogens is 3. The summed E-state index contributed by atoms with van der Waals surface area (Å²) in [6.45, 7) is 0.398. The number of anilines is 1. The van der Waals surface area contributed by atoms with E-state index in [9.17, 15) is 10.1 Å². The molecule has 2 rings (SSSR count). The van der Waals surface area contributed by atoms with Crippen LogP contribution in [-0.4, -0.2) is 26.8 Å². The van der Waals surface area contributed by atoms with Crippen LogP contribution in [-0.2, 0) is 13.6 Å². The van der Waals surface area contributed by atoms with Gasteiger partial charge in [0, 0.05) is 37.5 Å². The van der Waals surface area contributed by atoms with Crippen LogP contribution >= 0.6 is 0 Å². The third-order valence-corrected chi connectivity index (χ3v) is 2.47. The van der Waals surface area contributed by atoms with Crippen LogP contribution < -0.4 is 10.1 Å². The van der Waals surface area contributed by atoms with E-state index < -0.39 is 4.92 Å². The fraction of sp³-hybridized carbons (Fsp3) is 0.273. The smallest absolute Gasteiger partial charge is 0.311 e. The quantitative estimate of drug-likeness (QED) is 0.646. The van der Waals surface area contributed by atoms with Gasteiger partial charge in [0.15, 0.2) is 0 Å². The number of aryl methyl sites for hydroxylation is 1. The van der Waals surface area contributed by atoms with Gasteiger partial charge in [-0.05, 0) is 0 Å². The molecule has 2 heterocycles. The lowest BCUT2D eigenvalue weighted by Gasteiger charge is -2.06.